The van der Waals surface area contributed by atoms with Crippen LogP contribution in [0.3, 0.4) is 0 Å². The van der Waals surface area contributed by atoms with E-state index in [1.807, 2.05) is 38.1 Å². The highest BCUT2D eigenvalue weighted by atomic mass is 16.6. The average molecular weight is 267 g/mol. The lowest BCUT2D eigenvalue weighted by Crippen LogP contribution is -1.99. The van der Waals surface area contributed by atoms with E-state index < -0.39 is 4.92 Å². The molecule has 0 saturated carbocycles. The highest BCUT2D eigenvalue weighted by Gasteiger charge is 2.15. The molecule has 20 heavy (non-hydrogen) atoms. The van der Waals surface area contributed by atoms with E-state index in [1.165, 1.54) is 6.07 Å². The molecular weight excluding hydrogens is 254 g/mol. The van der Waals surface area contributed by atoms with E-state index in [0.717, 1.165) is 16.8 Å². The van der Waals surface area contributed by atoms with Gasteiger partial charge in [-0.05, 0) is 37.6 Å². The molecule has 100 valence electrons. The fraction of sp³-hybridized carbons (Fsp3) is 0.133. The Morgan fingerprint density at radius 2 is 1.85 bits per heavy atom. The summed E-state index contributed by atoms with van der Waals surface area (Å²) in [7, 11) is 0. The van der Waals surface area contributed by atoms with Crippen LogP contribution in [0.5, 0.6) is 0 Å². The largest absolute Gasteiger partial charge is 0.350 e. The van der Waals surface area contributed by atoms with Crippen molar-refractivity contribution in [3.8, 4) is 6.07 Å². The molecule has 2 aromatic carbocycles. The average Bonchev–Trinajstić information content (AvgIpc) is 2.42. The van der Waals surface area contributed by atoms with Crippen molar-refractivity contribution in [1.29, 1.82) is 5.26 Å². The Kier molecular flexibility index (Phi) is 3.67. The highest BCUT2D eigenvalue weighted by molar-refractivity contribution is 5.72. The summed E-state index contributed by atoms with van der Waals surface area (Å²) in [5.74, 6) is 0. The summed E-state index contributed by atoms with van der Waals surface area (Å²) < 4.78 is 0. The number of benzene rings is 2. The molecule has 2 aromatic rings. The summed E-state index contributed by atoms with van der Waals surface area (Å²) >= 11 is 0. The maximum Gasteiger partial charge on any atom is 0.293 e. The number of aryl methyl sites for hydroxylation is 2. The van der Waals surface area contributed by atoms with E-state index >= 15 is 0 Å². The molecule has 0 aliphatic heterocycles. The maximum atomic E-state index is 11.1. The number of rotatable bonds is 3. The van der Waals surface area contributed by atoms with Crippen LogP contribution in [0.15, 0.2) is 36.4 Å². The van der Waals surface area contributed by atoms with E-state index in [2.05, 4.69) is 5.32 Å². The van der Waals surface area contributed by atoms with Crippen LogP contribution in [0, 0.1) is 35.3 Å². The molecule has 0 fully saturated rings. The molecule has 5 nitrogen and oxygen atoms in total. The predicted octanol–water partition coefficient (Wildman–Crippen LogP) is 3.83. The molecule has 0 atom stereocenters. The molecule has 5 heteroatoms. The van der Waals surface area contributed by atoms with Crippen LogP contribution in [-0.2, 0) is 0 Å². The lowest BCUT2D eigenvalue weighted by Gasteiger charge is -2.10. The molecule has 1 N–H and O–H groups in total. The van der Waals surface area contributed by atoms with Crippen molar-refractivity contribution >= 4 is 17.1 Å². The van der Waals surface area contributed by atoms with Gasteiger partial charge < -0.3 is 5.32 Å². The van der Waals surface area contributed by atoms with Gasteiger partial charge in [-0.25, -0.2) is 0 Å². The van der Waals surface area contributed by atoms with Gasteiger partial charge in [0.15, 0.2) is 0 Å². The van der Waals surface area contributed by atoms with Crippen LogP contribution in [0.4, 0.5) is 17.1 Å². The molecule has 0 heterocycles. The number of nitrogens with one attached hydrogen (secondary N) is 1. The van der Waals surface area contributed by atoms with E-state index in [0.29, 0.717) is 5.69 Å². The summed E-state index contributed by atoms with van der Waals surface area (Å²) in [4.78, 5) is 10.6. The van der Waals surface area contributed by atoms with Gasteiger partial charge in [0.25, 0.3) is 5.69 Å². The van der Waals surface area contributed by atoms with Crippen molar-refractivity contribution in [3.63, 3.8) is 0 Å². The number of nitriles is 1. The van der Waals surface area contributed by atoms with Crippen LogP contribution in [-0.4, -0.2) is 4.92 Å². The maximum absolute atomic E-state index is 11.1. The van der Waals surface area contributed by atoms with Crippen molar-refractivity contribution in [1.82, 2.24) is 0 Å². The molecule has 0 saturated heterocycles. The molecule has 2 rings (SSSR count). The Morgan fingerprint density at radius 1 is 1.15 bits per heavy atom. The predicted molar refractivity (Wildman–Crippen MR) is 77.0 cm³/mol. The molecule has 0 radical (unpaired) electrons. The van der Waals surface area contributed by atoms with Gasteiger partial charge in [0.2, 0.25) is 0 Å². The summed E-state index contributed by atoms with van der Waals surface area (Å²) in [5.41, 5.74) is 3.47. The molecule has 0 aromatic heterocycles. The second-order valence-corrected chi connectivity index (χ2v) is 4.54. The van der Waals surface area contributed by atoms with Crippen molar-refractivity contribution in [2.24, 2.45) is 0 Å². The van der Waals surface area contributed by atoms with Gasteiger partial charge in [-0.3, -0.25) is 10.1 Å². The monoisotopic (exact) mass is 267 g/mol. The molecule has 0 aliphatic carbocycles. The number of hydrogen-bond acceptors (Lipinski definition) is 4. The van der Waals surface area contributed by atoms with Crippen molar-refractivity contribution in [2.75, 3.05) is 5.32 Å². The Bertz CT molecular complexity index is 718. The van der Waals surface area contributed by atoms with Gasteiger partial charge in [0.05, 0.1) is 16.6 Å². The highest BCUT2D eigenvalue weighted by Crippen LogP contribution is 2.30. The smallest absolute Gasteiger partial charge is 0.293 e. The summed E-state index contributed by atoms with van der Waals surface area (Å²) in [6.07, 6.45) is 0. The van der Waals surface area contributed by atoms with Gasteiger partial charge >= 0.3 is 0 Å². The Balaban J connectivity index is 2.43. The normalized spacial score (nSPS) is 9.85. The quantitative estimate of drug-likeness (QED) is 0.677. The summed E-state index contributed by atoms with van der Waals surface area (Å²) in [6.45, 7) is 3.92. The first-order chi connectivity index (χ1) is 9.51. The van der Waals surface area contributed by atoms with Crippen LogP contribution in [0.2, 0.25) is 0 Å². The number of nitro groups is 1. The minimum absolute atomic E-state index is 0.107. The van der Waals surface area contributed by atoms with Crippen molar-refractivity contribution in [2.45, 2.75) is 13.8 Å². The van der Waals surface area contributed by atoms with E-state index in [-0.39, 0.29) is 11.3 Å². The molecular formula is C15H13N3O2. The summed E-state index contributed by atoms with van der Waals surface area (Å²) in [5, 5.41) is 22.9. The van der Waals surface area contributed by atoms with Crippen LogP contribution < -0.4 is 5.32 Å². The number of nitrogens with zero attached hydrogens (tertiary/aromatic N) is 2. The molecule has 0 bridgehead atoms. The molecule has 0 aliphatic rings. The minimum atomic E-state index is -0.493. The fourth-order valence-electron chi connectivity index (χ4n) is 1.96. The van der Waals surface area contributed by atoms with E-state index in [4.69, 9.17) is 5.26 Å². The number of hydrogen-bond donors (Lipinski definition) is 1. The van der Waals surface area contributed by atoms with E-state index in [9.17, 15) is 10.1 Å². The van der Waals surface area contributed by atoms with Gasteiger partial charge in [-0.1, -0.05) is 17.7 Å². The molecule has 0 unspecified atom stereocenters. The third-order valence-electron chi connectivity index (χ3n) is 2.97. The molecule has 0 amide bonds. The summed E-state index contributed by atoms with van der Waals surface area (Å²) in [6, 6.07) is 12.1. The number of anilines is 2. The first-order valence-corrected chi connectivity index (χ1v) is 6.04. The van der Waals surface area contributed by atoms with Crippen molar-refractivity contribution < 1.29 is 4.92 Å². The Hall–Kier alpha value is -2.87. The minimum Gasteiger partial charge on any atom is -0.350 e. The first-order valence-electron chi connectivity index (χ1n) is 6.04. The van der Waals surface area contributed by atoms with Gasteiger partial charge in [-0.15, -0.1) is 0 Å². The topological polar surface area (TPSA) is 79.0 Å². The first kappa shape index (κ1) is 13.6. The Labute approximate surface area is 116 Å². The zero-order valence-electron chi connectivity index (χ0n) is 11.2. The molecule has 0 spiro atoms. The standard InChI is InChI=1S/C15H13N3O2/c1-10-3-5-13(11(2)7-10)17-14-6-4-12(9-16)8-15(14)18(19)20/h3-8,17H,1-2H3. The Morgan fingerprint density at radius 3 is 2.45 bits per heavy atom. The second-order valence-electron chi connectivity index (χ2n) is 4.54. The van der Waals surface area contributed by atoms with Gasteiger partial charge in [0.1, 0.15) is 5.69 Å². The lowest BCUT2D eigenvalue weighted by molar-refractivity contribution is -0.383. The lowest BCUT2D eigenvalue weighted by atomic mass is 10.1. The van der Waals surface area contributed by atoms with Crippen LogP contribution in [0.25, 0.3) is 0 Å². The van der Waals surface area contributed by atoms with Crippen molar-refractivity contribution in [3.05, 3.63) is 63.2 Å². The zero-order chi connectivity index (χ0) is 14.7. The van der Waals surface area contributed by atoms with E-state index in [1.54, 1.807) is 12.1 Å². The third-order valence-corrected chi connectivity index (χ3v) is 2.97. The SMILES string of the molecule is Cc1ccc(Nc2ccc(C#N)cc2[N+](=O)[O-])c(C)c1. The third kappa shape index (κ3) is 2.75. The van der Waals surface area contributed by atoms with Crippen LogP contribution in [0.1, 0.15) is 16.7 Å². The second kappa shape index (κ2) is 5.41. The fourth-order valence-corrected chi connectivity index (χ4v) is 1.96. The zero-order valence-corrected chi connectivity index (χ0v) is 11.2. The van der Waals surface area contributed by atoms with Gasteiger partial charge in [0, 0.05) is 11.8 Å². The van der Waals surface area contributed by atoms with Crippen LogP contribution >= 0.6 is 0 Å². The number of nitro benzene ring substituents is 1. The van der Waals surface area contributed by atoms with Gasteiger partial charge in [-0.2, -0.15) is 5.26 Å².